The second kappa shape index (κ2) is 8.35. The van der Waals surface area contributed by atoms with Gasteiger partial charge in [0.15, 0.2) is 11.5 Å². The number of nitrogens with one attached hydrogen (secondary N) is 2. The first-order valence-corrected chi connectivity index (χ1v) is 8.90. The maximum atomic E-state index is 12.4. The summed E-state index contributed by atoms with van der Waals surface area (Å²) in [5.74, 6) is 0.848. The number of benzene rings is 1. The van der Waals surface area contributed by atoms with Gasteiger partial charge in [-0.05, 0) is 41.4 Å². The topological polar surface area (TPSA) is 76.7 Å². The summed E-state index contributed by atoms with van der Waals surface area (Å²) in [4.78, 5) is 0.137. The van der Waals surface area contributed by atoms with Crippen LogP contribution in [0.2, 0.25) is 0 Å². The van der Waals surface area contributed by atoms with Crippen LogP contribution in [0.5, 0.6) is 11.5 Å². The zero-order valence-corrected chi connectivity index (χ0v) is 15.6. The first-order valence-electron chi connectivity index (χ1n) is 6.62. The molecule has 1 atom stereocenters. The van der Waals surface area contributed by atoms with Crippen LogP contribution in [0.15, 0.2) is 21.5 Å². The Morgan fingerprint density at radius 1 is 1.32 bits per heavy atom. The summed E-state index contributed by atoms with van der Waals surface area (Å²) in [5, 5.41) is 3.25. The molecule has 0 aromatic heterocycles. The van der Waals surface area contributed by atoms with Gasteiger partial charge < -0.3 is 14.8 Å². The molecule has 1 fully saturated rings. The van der Waals surface area contributed by atoms with Gasteiger partial charge in [0, 0.05) is 23.1 Å². The maximum absolute atomic E-state index is 12.4. The highest BCUT2D eigenvalue weighted by Gasteiger charge is 2.23. The highest BCUT2D eigenvalue weighted by atomic mass is 79.9. The summed E-state index contributed by atoms with van der Waals surface area (Å²) < 4.78 is 38.2. The Morgan fingerprint density at radius 3 is 2.50 bits per heavy atom. The third-order valence-electron chi connectivity index (χ3n) is 3.41. The molecular formula is C13H20BrClN2O4S. The van der Waals surface area contributed by atoms with Crippen LogP contribution >= 0.6 is 28.3 Å². The normalized spacial score (nSPS) is 17.9. The Morgan fingerprint density at radius 2 is 1.95 bits per heavy atom. The van der Waals surface area contributed by atoms with Crippen LogP contribution in [-0.2, 0) is 10.0 Å². The van der Waals surface area contributed by atoms with Crippen molar-refractivity contribution >= 4 is 38.4 Å². The van der Waals surface area contributed by atoms with Crippen LogP contribution in [-0.4, -0.2) is 41.8 Å². The molecule has 0 spiro atoms. The van der Waals surface area contributed by atoms with E-state index in [-0.39, 0.29) is 23.3 Å². The number of hydrogen-bond donors (Lipinski definition) is 2. The highest BCUT2D eigenvalue weighted by Crippen LogP contribution is 2.35. The molecule has 0 radical (unpaired) electrons. The van der Waals surface area contributed by atoms with E-state index in [0.29, 0.717) is 22.5 Å². The second-order valence-electron chi connectivity index (χ2n) is 4.78. The van der Waals surface area contributed by atoms with Crippen LogP contribution in [0.1, 0.15) is 12.8 Å². The molecule has 22 heavy (non-hydrogen) atoms. The van der Waals surface area contributed by atoms with Gasteiger partial charge in [0.05, 0.1) is 14.2 Å². The number of methoxy groups -OCH3 is 2. The Hall–Kier alpha value is -0.540. The minimum atomic E-state index is -3.61. The van der Waals surface area contributed by atoms with E-state index in [0.717, 1.165) is 19.4 Å². The smallest absolute Gasteiger partial charge is 0.241 e. The number of sulfonamides is 1. The van der Waals surface area contributed by atoms with E-state index < -0.39 is 10.0 Å². The fraction of sp³-hybridized carbons (Fsp3) is 0.538. The molecule has 1 aromatic rings. The SMILES string of the molecule is COc1cc(Br)c(S(=O)(=O)NCC2CCCN2)cc1OC.Cl. The van der Waals surface area contributed by atoms with Crippen LogP contribution in [0, 0.1) is 0 Å². The quantitative estimate of drug-likeness (QED) is 0.742. The Kier molecular flexibility index (Phi) is 7.40. The van der Waals surface area contributed by atoms with E-state index in [1.165, 1.54) is 20.3 Å². The standard InChI is InChI=1S/C13H19BrN2O4S.ClH/c1-19-11-6-10(14)13(7-12(11)20-2)21(17,18)16-8-9-4-3-5-15-9;/h6-7,9,15-16H,3-5,8H2,1-2H3;1H. The molecule has 126 valence electrons. The number of ether oxygens (including phenoxy) is 2. The van der Waals surface area contributed by atoms with Gasteiger partial charge in [-0.25, -0.2) is 13.1 Å². The summed E-state index contributed by atoms with van der Waals surface area (Å²) in [6.07, 6.45) is 2.06. The molecule has 1 saturated heterocycles. The van der Waals surface area contributed by atoms with E-state index in [1.807, 2.05) is 0 Å². The maximum Gasteiger partial charge on any atom is 0.241 e. The van der Waals surface area contributed by atoms with Gasteiger partial charge in [-0.2, -0.15) is 0 Å². The molecule has 9 heteroatoms. The van der Waals surface area contributed by atoms with Gasteiger partial charge in [-0.3, -0.25) is 0 Å². The van der Waals surface area contributed by atoms with Gasteiger partial charge in [0.2, 0.25) is 10.0 Å². The third kappa shape index (κ3) is 4.48. The second-order valence-corrected chi connectivity index (χ2v) is 7.37. The number of halogens is 2. The first kappa shape index (κ1) is 19.5. The van der Waals surface area contributed by atoms with Crippen molar-refractivity contribution in [2.24, 2.45) is 0 Å². The van der Waals surface area contributed by atoms with E-state index in [9.17, 15) is 8.42 Å². The van der Waals surface area contributed by atoms with Gasteiger partial charge >= 0.3 is 0 Å². The molecule has 0 bridgehead atoms. The average Bonchev–Trinajstić information content (AvgIpc) is 2.98. The Labute approximate surface area is 145 Å². The lowest BCUT2D eigenvalue weighted by Gasteiger charge is -2.15. The molecule has 1 unspecified atom stereocenters. The van der Waals surface area contributed by atoms with Gasteiger partial charge in [0.1, 0.15) is 4.90 Å². The zero-order chi connectivity index (χ0) is 15.5. The predicted octanol–water partition coefficient (Wildman–Crippen LogP) is 1.92. The van der Waals surface area contributed by atoms with E-state index in [4.69, 9.17) is 9.47 Å². The molecule has 1 aliphatic rings. The van der Waals surface area contributed by atoms with Crippen molar-refractivity contribution < 1.29 is 17.9 Å². The lowest BCUT2D eigenvalue weighted by atomic mass is 10.2. The summed E-state index contributed by atoms with van der Waals surface area (Å²) in [7, 11) is -0.636. The van der Waals surface area contributed by atoms with E-state index in [1.54, 1.807) is 6.07 Å². The van der Waals surface area contributed by atoms with Crippen LogP contribution in [0.3, 0.4) is 0 Å². The van der Waals surface area contributed by atoms with Gasteiger partial charge in [0.25, 0.3) is 0 Å². The van der Waals surface area contributed by atoms with Gasteiger partial charge in [-0.15, -0.1) is 12.4 Å². The molecule has 0 amide bonds. The summed E-state index contributed by atoms with van der Waals surface area (Å²) in [5.41, 5.74) is 0. The minimum Gasteiger partial charge on any atom is -0.493 e. The van der Waals surface area contributed by atoms with E-state index >= 15 is 0 Å². The Balaban J connectivity index is 0.00000242. The molecule has 1 aliphatic heterocycles. The van der Waals surface area contributed by atoms with Crippen molar-refractivity contribution in [3.8, 4) is 11.5 Å². The van der Waals surface area contributed by atoms with Crippen LogP contribution in [0.25, 0.3) is 0 Å². The van der Waals surface area contributed by atoms with Crippen molar-refractivity contribution in [3.05, 3.63) is 16.6 Å². The first-order chi connectivity index (χ1) is 9.97. The molecule has 1 aromatic carbocycles. The summed E-state index contributed by atoms with van der Waals surface area (Å²) in [6, 6.07) is 3.23. The molecule has 1 heterocycles. The van der Waals surface area contributed by atoms with Crippen molar-refractivity contribution in [2.75, 3.05) is 27.3 Å². The van der Waals surface area contributed by atoms with Crippen LogP contribution in [0.4, 0.5) is 0 Å². The largest absolute Gasteiger partial charge is 0.493 e. The molecule has 0 saturated carbocycles. The number of rotatable bonds is 6. The average molecular weight is 416 g/mol. The van der Waals surface area contributed by atoms with Crippen molar-refractivity contribution in [3.63, 3.8) is 0 Å². The summed E-state index contributed by atoms with van der Waals surface area (Å²) in [6.45, 7) is 1.32. The molecule has 0 aliphatic carbocycles. The zero-order valence-electron chi connectivity index (χ0n) is 12.4. The summed E-state index contributed by atoms with van der Waals surface area (Å²) >= 11 is 3.27. The van der Waals surface area contributed by atoms with Crippen molar-refractivity contribution in [1.82, 2.24) is 10.0 Å². The van der Waals surface area contributed by atoms with Gasteiger partial charge in [-0.1, -0.05) is 0 Å². The monoisotopic (exact) mass is 414 g/mol. The lowest BCUT2D eigenvalue weighted by molar-refractivity contribution is 0.353. The third-order valence-corrected chi connectivity index (χ3v) is 5.79. The van der Waals surface area contributed by atoms with Crippen LogP contribution < -0.4 is 19.5 Å². The number of hydrogen-bond acceptors (Lipinski definition) is 5. The van der Waals surface area contributed by atoms with Crippen molar-refractivity contribution in [2.45, 2.75) is 23.8 Å². The molecule has 2 N–H and O–H groups in total. The minimum absolute atomic E-state index is 0. The molecular weight excluding hydrogens is 396 g/mol. The fourth-order valence-electron chi connectivity index (χ4n) is 2.26. The highest BCUT2D eigenvalue weighted by molar-refractivity contribution is 9.10. The fourth-order valence-corrected chi connectivity index (χ4v) is 4.38. The molecule has 6 nitrogen and oxygen atoms in total. The molecule has 2 rings (SSSR count). The van der Waals surface area contributed by atoms with Crippen molar-refractivity contribution in [1.29, 1.82) is 0 Å². The predicted molar refractivity (Wildman–Crippen MR) is 90.7 cm³/mol. The Bertz CT molecular complexity index is 606. The van der Waals surface area contributed by atoms with E-state index in [2.05, 4.69) is 26.0 Å². The lowest BCUT2D eigenvalue weighted by Crippen LogP contribution is -2.37.